The van der Waals surface area contributed by atoms with E-state index < -0.39 is 0 Å². The van der Waals surface area contributed by atoms with Gasteiger partial charge in [-0.2, -0.15) is 0 Å². The molecule has 1 fully saturated rings. The van der Waals surface area contributed by atoms with Crippen LogP contribution in [0.2, 0.25) is 0 Å². The standard InChI is InChI=1S/C14H28N/c1-3-5-6-7-8-13-15-14(10-4-2)11-9-12-14/h3-13H2,1-2H3. The van der Waals surface area contributed by atoms with E-state index in [-0.39, 0.29) is 0 Å². The van der Waals surface area contributed by atoms with E-state index in [9.17, 15) is 0 Å². The summed E-state index contributed by atoms with van der Waals surface area (Å²) in [5.74, 6) is 0. The van der Waals surface area contributed by atoms with Gasteiger partial charge in [-0.3, -0.25) is 0 Å². The van der Waals surface area contributed by atoms with Crippen LogP contribution in [0.25, 0.3) is 0 Å². The maximum absolute atomic E-state index is 4.95. The fourth-order valence-corrected chi connectivity index (χ4v) is 2.57. The molecule has 15 heavy (non-hydrogen) atoms. The van der Waals surface area contributed by atoms with E-state index in [1.807, 2.05) is 0 Å². The van der Waals surface area contributed by atoms with Crippen LogP contribution in [-0.4, -0.2) is 12.1 Å². The zero-order valence-electron chi connectivity index (χ0n) is 10.7. The number of hydrogen-bond acceptors (Lipinski definition) is 0. The normalized spacial score (nSPS) is 18.8. The SMILES string of the molecule is CCCCCCC[N]C1(CCC)CCC1. The van der Waals surface area contributed by atoms with Gasteiger partial charge in [0.2, 0.25) is 0 Å². The molecule has 0 spiro atoms. The monoisotopic (exact) mass is 210 g/mol. The molecule has 1 radical (unpaired) electrons. The first-order valence-corrected chi connectivity index (χ1v) is 7.01. The molecule has 0 bridgehead atoms. The van der Waals surface area contributed by atoms with Crippen LogP contribution in [0.5, 0.6) is 0 Å². The summed E-state index contributed by atoms with van der Waals surface area (Å²) in [6, 6.07) is 0. The predicted octanol–water partition coefficient (Wildman–Crippen LogP) is 4.28. The molecular weight excluding hydrogens is 182 g/mol. The maximum atomic E-state index is 4.95. The molecule has 0 amide bonds. The molecule has 0 aromatic heterocycles. The molecule has 1 heteroatoms. The Hall–Kier alpha value is -0.0400. The number of unbranched alkanes of at least 4 members (excludes halogenated alkanes) is 4. The highest BCUT2D eigenvalue weighted by Crippen LogP contribution is 2.36. The van der Waals surface area contributed by atoms with Crippen molar-refractivity contribution in [2.45, 2.75) is 83.6 Å². The summed E-state index contributed by atoms with van der Waals surface area (Å²) in [6.45, 7) is 5.69. The first kappa shape index (κ1) is 13.0. The smallest absolute Gasteiger partial charge is 0.0356 e. The Morgan fingerprint density at radius 3 is 2.20 bits per heavy atom. The summed E-state index contributed by atoms with van der Waals surface area (Å²) in [4.78, 5) is 0. The van der Waals surface area contributed by atoms with E-state index in [4.69, 9.17) is 5.32 Å². The quantitative estimate of drug-likeness (QED) is 0.504. The van der Waals surface area contributed by atoms with Crippen LogP contribution >= 0.6 is 0 Å². The summed E-state index contributed by atoms with van der Waals surface area (Å²) in [6.07, 6.45) is 13.7. The van der Waals surface area contributed by atoms with E-state index in [0.29, 0.717) is 5.54 Å². The van der Waals surface area contributed by atoms with Crippen LogP contribution in [0, 0.1) is 0 Å². The highest BCUT2D eigenvalue weighted by atomic mass is 15.0. The fraction of sp³-hybridized carbons (Fsp3) is 1.00. The molecule has 0 unspecified atom stereocenters. The Labute approximate surface area is 96.0 Å². The second-order valence-electron chi connectivity index (χ2n) is 5.12. The number of rotatable bonds is 9. The van der Waals surface area contributed by atoms with E-state index in [1.165, 1.54) is 64.2 Å². The Morgan fingerprint density at radius 2 is 1.67 bits per heavy atom. The van der Waals surface area contributed by atoms with Gasteiger partial charge in [0.15, 0.2) is 0 Å². The Morgan fingerprint density at radius 1 is 0.933 bits per heavy atom. The summed E-state index contributed by atoms with van der Waals surface area (Å²) in [7, 11) is 0. The predicted molar refractivity (Wildman–Crippen MR) is 67.3 cm³/mol. The number of nitrogens with zero attached hydrogens (tertiary/aromatic N) is 1. The molecule has 0 saturated heterocycles. The lowest BCUT2D eigenvalue weighted by atomic mass is 9.73. The average Bonchev–Trinajstić information content (AvgIpc) is 2.19. The Balaban J connectivity index is 1.98. The minimum atomic E-state index is 0.444. The highest BCUT2D eigenvalue weighted by molar-refractivity contribution is 4.94. The van der Waals surface area contributed by atoms with Crippen molar-refractivity contribution < 1.29 is 0 Å². The van der Waals surface area contributed by atoms with Gasteiger partial charge in [0.25, 0.3) is 0 Å². The first-order valence-electron chi connectivity index (χ1n) is 7.01. The van der Waals surface area contributed by atoms with Crippen molar-refractivity contribution in [1.82, 2.24) is 5.32 Å². The Kier molecular flexibility index (Phi) is 6.31. The third-order valence-corrected chi connectivity index (χ3v) is 3.71. The van der Waals surface area contributed by atoms with Gasteiger partial charge in [-0.15, -0.1) is 0 Å². The summed E-state index contributed by atoms with van der Waals surface area (Å²) < 4.78 is 0. The molecular formula is C14H28N. The van der Waals surface area contributed by atoms with Gasteiger partial charge in [0, 0.05) is 12.1 Å². The molecule has 0 aliphatic heterocycles. The van der Waals surface area contributed by atoms with E-state index >= 15 is 0 Å². The second-order valence-corrected chi connectivity index (χ2v) is 5.12. The van der Waals surface area contributed by atoms with Crippen molar-refractivity contribution in [2.75, 3.05) is 6.54 Å². The highest BCUT2D eigenvalue weighted by Gasteiger charge is 2.36. The van der Waals surface area contributed by atoms with Crippen molar-refractivity contribution in [1.29, 1.82) is 0 Å². The molecule has 1 nitrogen and oxygen atoms in total. The maximum Gasteiger partial charge on any atom is 0.0356 e. The van der Waals surface area contributed by atoms with Gasteiger partial charge in [0.1, 0.15) is 0 Å². The lowest BCUT2D eigenvalue weighted by molar-refractivity contribution is 0.163. The van der Waals surface area contributed by atoms with Crippen molar-refractivity contribution in [3.8, 4) is 0 Å². The van der Waals surface area contributed by atoms with Gasteiger partial charge in [0.05, 0.1) is 0 Å². The summed E-state index contributed by atoms with van der Waals surface area (Å²) in [5, 5.41) is 4.95. The van der Waals surface area contributed by atoms with E-state index in [0.717, 1.165) is 6.54 Å². The van der Waals surface area contributed by atoms with Crippen LogP contribution < -0.4 is 5.32 Å². The van der Waals surface area contributed by atoms with Crippen LogP contribution in [0.3, 0.4) is 0 Å². The topological polar surface area (TPSA) is 14.1 Å². The van der Waals surface area contributed by atoms with Gasteiger partial charge >= 0.3 is 0 Å². The largest absolute Gasteiger partial charge is 0.235 e. The van der Waals surface area contributed by atoms with Crippen LogP contribution in [-0.2, 0) is 0 Å². The summed E-state index contributed by atoms with van der Waals surface area (Å²) >= 11 is 0. The average molecular weight is 210 g/mol. The molecule has 0 N–H and O–H groups in total. The lowest BCUT2D eigenvalue weighted by Gasteiger charge is -2.41. The molecule has 0 atom stereocenters. The molecule has 1 aliphatic rings. The molecule has 89 valence electrons. The molecule has 1 aliphatic carbocycles. The molecule has 1 saturated carbocycles. The van der Waals surface area contributed by atoms with Crippen molar-refractivity contribution in [3.63, 3.8) is 0 Å². The molecule has 1 rings (SSSR count). The molecule has 0 heterocycles. The minimum Gasteiger partial charge on any atom is -0.235 e. The third kappa shape index (κ3) is 4.55. The van der Waals surface area contributed by atoms with Crippen LogP contribution in [0.1, 0.15) is 78.1 Å². The van der Waals surface area contributed by atoms with E-state index in [1.54, 1.807) is 0 Å². The number of hydrogen-bond donors (Lipinski definition) is 0. The van der Waals surface area contributed by atoms with Crippen LogP contribution in [0.4, 0.5) is 0 Å². The fourth-order valence-electron chi connectivity index (χ4n) is 2.57. The first-order chi connectivity index (χ1) is 7.33. The lowest BCUT2D eigenvalue weighted by Crippen LogP contribution is -2.46. The minimum absolute atomic E-state index is 0.444. The van der Waals surface area contributed by atoms with E-state index in [2.05, 4.69) is 13.8 Å². The molecule has 0 aromatic rings. The van der Waals surface area contributed by atoms with Gasteiger partial charge in [-0.05, 0) is 32.1 Å². The van der Waals surface area contributed by atoms with Gasteiger partial charge in [-0.1, -0.05) is 46.0 Å². The second kappa shape index (κ2) is 7.27. The van der Waals surface area contributed by atoms with Gasteiger partial charge < -0.3 is 0 Å². The zero-order chi connectivity index (χ0) is 11.0. The summed E-state index contributed by atoms with van der Waals surface area (Å²) in [5.41, 5.74) is 0.444. The molecule has 0 aromatic carbocycles. The zero-order valence-corrected chi connectivity index (χ0v) is 10.7. The van der Waals surface area contributed by atoms with Crippen molar-refractivity contribution in [3.05, 3.63) is 0 Å². The van der Waals surface area contributed by atoms with Crippen molar-refractivity contribution >= 4 is 0 Å². The van der Waals surface area contributed by atoms with Crippen LogP contribution in [0.15, 0.2) is 0 Å². The van der Waals surface area contributed by atoms with Crippen molar-refractivity contribution in [2.24, 2.45) is 0 Å². The van der Waals surface area contributed by atoms with Gasteiger partial charge in [-0.25, -0.2) is 5.32 Å². The Bertz CT molecular complexity index is 149. The third-order valence-electron chi connectivity index (χ3n) is 3.71.